The molecule has 15 heavy (non-hydrogen) atoms. The summed E-state index contributed by atoms with van der Waals surface area (Å²) in [7, 11) is 0. The van der Waals surface area contributed by atoms with Crippen LogP contribution in [0.5, 0.6) is 0 Å². The van der Waals surface area contributed by atoms with Crippen molar-refractivity contribution in [2.75, 3.05) is 0 Å². The molecule has 2 unspecified atom stereocenters. The third kappa shape index (κ3) is 1.52. The van der Waals surface area contributed by atoms with Crippen LogP contribution in [-0.2, 0) is 5.41 Å². The van der Waals surface area contributed by atoms with Crippen molar-refractivity contribution in [3.05, 3.63) is 48.0 Å². The Balaban J connectivity index is 2.02. The van der Waals surface area contributed by atoms with Gasteiger partial charge in [-0.2, -0.15) is 0 Å². The average molecular weight is 198 g/mol. The van der Waals surface area contributed by atoms with Crippen molar-refractivity contribution in [3.8, 4) is 0 Å². The summed E-state index contributed by atoms with van der Waals surface area (Å²) in [5.41, 5.74) is 1.92. The summed E-state index contributed by atoms with van der Waals surface area (Å²) in [4.78, 5) is 0. The summed E-state index contributed by atoms with van der Waals surface area (Å²) >= 11 is 0. The van der Waals surface area contributed by atoms with Gasteiger partial charge in [-0.25, -0.2) is 0 Å². The lowest BCUT2D eigenvalue weighted by atomic mass is 9.62. The summed E-state index contributed by atoms with van der Waals surface area (Å²) in [6.07, 6.45) is 11.8. The number of fused-ring (bicyclic) bond motifs is 2. The smallest absolute Gasteiger partial charge is 0.0135 e. The van der Waals surface area contributed by atoms with Crippen molar-refractivity contribution >= 4 is 0 Å². The molecule has 3 rings (SSSR count). The molecule has 1 fully saturated rings. The summed E-state index contributed by atoms with van der Waals surface area (Å²) in [5, 5.41) is 0. The largest absolute Gasteiger partial charge is 0.0874 e. The van der Waals surface area contributed by atoms with Crippen LogP contribution in [0, 0.1) is 5.92 Å². The highest BCUT2D eigenvalue weighted by Crippen LogP contribution is 2.46. The fourth-order valence-corrected chi connectivity index (χ4v) is 3.39. The highest BCUT2D eigenvalue weighted by atomic mass is 14.4. The third-order valence-electron chi connectivity index (χ3n) is 4.14. The molecule has 0 heteroatoms. The Morgan fingerprint density at radius 1 is 1.13 bits per heavy atom. The molecule has 1 aromatic carbocycles. The van der Waals surface area contributed by atoms with Gasteiger partial charge in [0.2, 0.25) is 0 Å². The third-order valence-corrected chi connectivity index (χ3v) is 4.14. The normalized spacial score (nSPS) is 34.0. The van der Waals surface area contributed by atoms with E-state index in [2.05, 4.69) is 42.5 Å². The van der Waals surface area contributed by atoms with Crippen molar-refractivity contribution in [2.45, 2.75) is 37.5 Å². The van der Waals surface area contributed by atoms with E-state index in [0.29, 0.717) is 5.41 Å². The molecule has 0 radical (unpaired) electrons. The SMILES string of the molecule is C1=CC2(c3ccccc3)CCCC(C1)C2. The van der Waals surface area contributed by atoms with Gasteiger partial charge in [-0.05, 0) is 30.7 Å². The molecule has 2 aliphatic rings. The lowest BCUT2D eigenvalue weighted by Crippen LogP contribution is -2.33. The summed E-state index contributed by atoms with van der Waals surface area (Å²) in [5.74, 6) is 0.948. The number of hydrogen-bond donors (Lipinski definition) is 0. The molecule has 0 heterocycles. The van der Waals surface area contributed by atoms with Crippen LogP contribution in [0.1, 0.15) is 37.7 Å². The van der Waals surface area contributed by atoms with E-state index in [1.165, 1.54) is 37.7 Å². The molecule has 0 aromatic heterocycles. The first-order valence-electron chi connectivity index (χ1n) is 6.12. The predicted molar refractivity (Wildman–Crippen MR) is 63.8 cm³/mol. The van der Waals surface area contributed by atoms with Gasteiger partial charge in [-0.15, -0.1) is 0 Å². The molecule has 0 N–H and O–H groups in total. The minimum absolute atomic E-state index is 0.391. The summed E-state index contributed by atoms with van der Waals surface area (Å²) in [6.45, 7) is 0. The molecule has 0 saturated heterocycles. The van der Waals surface area contributed by atoms with Crippen LogP contribution in [0.4, 0.5) is 0 Å². The van der Waals surface area contributed by atoms with Crippen LogP contribution < -0.4 is 0 Å². The first-order chi connectivity index (χ1) is 7.39. The fourth-order valence-electron chi connectivity index (χ4n) is 3.39. The average Bonchev–Trinajstić information content (AvgIpc) is 2.30. The molecule has 0 nitrogen and oxygen atoms in total. The topological polar surface area (TPSA) is 0 Å². The Kier molecular flexibility index (Phi) is 2.16. The van der Waals surface area contributed by atoms with Gasteiger partial charge in [0, 0.05) is 5.41 Å². The molecule has 78 valence electrons. The highest BCUT2D eigenvalue weighted by Gasteiger charge is 2.37. The van der Waals surface area contributed by atoms with Gasteiger partial charge in [0.05, 0.1) is 0 Å². The first-order valence-corrected chi connectivity index (χ1v) is 6.12. The van der Waals surface area contributed by atoms with Crippen LogP contribution in [0.25, 0.3) is 0 Å². The van der Waals surface area contributed by atoms with E-state index in [-0.39, 0.29) is 0 Å². The van der Waals surface area contributed by atoms with Crippen molar-refractivity contribution in [1.82, 2.24) is 0 Å². The van der Waals surface area contributed by atoms with Gasteiger partial charge in [0.15, 0.2) is 0 Å². The van der Waals surface area contributed by atoms with Gasteiger partial charge in [0.25, 0.3) is 0 Å². The van der Waals surface area contributed by atoms with E-state index in [0.717, 1.165) is 5.92 Å². The zero-order valence-electron chi connectivity index (χ0n) is 9.15. The lowest BCUT2D eigenvalue weighted by Gasteiger charge is -2.42. The maximum absolute atomic E-state index is 2.48. The van der Waals surface area contributed by atoms with Crippen LogP contribution in [0.2, 0.25) is 0 Å². The van der Waals surface area contributed by atoms with E-state index in [1.54, 1.807) is 0 Å². The predicted octanol–water partition coefficient (Wildman–Crippen LogP) is 4.07. The molecule has 0 spiro atoms. The van der Waals surface area contributed by atoms with Crippen LogP contribution in [-0.4, -0.2) is 0 Å². The quantitative estimate of drug-likeness (QED) is 0.597. The standard InChI is InChI=1S/C15H18/c1-2-8-14(9-3-1)15-10-4-6-13(12-15)7-5-11-15/h1-4,8-10,13H,5-7,11-12H2. The minimum Gasteiger partial charge on any atom is -0.0874 e. The Hall–Kier alpha value is -1.04. The van der Waals surface area contributed by atoms with Crippen molar-refractivity contribution in [2.24, 2.45) is 5.92 Å². The molecule has 2 aliphatic carbocycles. The maximum Gasteiger partial charge on any atom is 0.0135 e. The molecule has 0 aliphatic heterocycles. The molecular weight excluding hydrogens is 180 g/mol. The first kappa shape index (κ1) is 9.21. The van der Waals surface area contributed by atoms with E-state index in [4.69, 9.17) is 0 Å². The van der Waals surface area contributed by atoms with Gasteiger partial charge in [-0.1, -0.05) is 55.3 Å². The zero-order chi connectivity index (χ0) is 10.1. The second-order valence-electron chi connectivity index (χ2n) is 5.12. The van der Waals surface area contributed by atoms with Gasteiger partial charge in [0.1, 0.15) is 0 Å². The van der Waals surface area contributed by atoms with Crippen LogP contribution >= 0.6 is 0 Å². The van der Waals surface area contributed by atoms with E-state index < -0.39 is 0 Å². The number of benzene rings is 1. The Morgan fingerprint density at radius 3 is 2.87 bits per heavy atom. The van der Waals surface area contributed by atoms with Crippen molar-refractivity contribution < 1.29 is 0 Å². The summed E-state index contributed by atoms with van der Waals surface area (Å²) < 4.78 is 0. The monoisotopic (exact) mass is 198 g/mol. The zero-order valence-corrected chi connectivity index (χ0v) is 9.15. The molecule has 1 aromatic rings. The second-order valence-corrected chi connectivity index (χ2v) is 5.12. The Labute approximate surface area is 92.0 Å². The number of hydrogen-bond acceptors (Lipinski definition) is 0. The fraction of sp³-hybridized carbons (Fsp3) is 0.467. The van der Waals surface area contributed by atoms with Gasteiger partial charge in [-0.3, -0.25) is 0 Å². The van der Waals surface area contributed by atoms with Gasteiger partial charge < -0.3 is 0 Å². The molecular formula is C15H18. The second kappa shape index (κ2) is 3.52. The Bertz CT molecular complexity index is 363. The Morgan fingerprint density at radius 2 is 2.00 bits per heavy atom. The molecule has 0 amide bonds. The number of rotatable bonds is 1. The van der Waals surface area contributed by atoms with Gasteiger partial charge >= 0.3 is 0 Å². The van der Waals surface area contributed by atoms with Crippen LogP contribution in [0.3, 0.4) is 0 Å². The maximum atomic E-state index is 2.48. The van der Waals surface area contributed by atoms with Crippen molar-refractivity contribution in [3.63, 3.8) is 0 Å². The lowest BCUT2D eigenvalue weighted by molar-refractivity contribution is 0.251. The minimum atomic E-state index is 0.391. The van der Waals surface area contributed by atoms with Crippen LogP contribution in [0.15, 0.2) is 42.5 Å². The summed E-state index contributed by atoms with van der Waals surface area (Å²) in [6, 6.07) is 11.1. The highest BCUT2D eigenvalue weighted by molar-refractivity contribution is 5.33. The van der Waals surface area contributed by atoms with Crippen molar-refractivity contribution in [1.29, 1.82) is 0 Å². The molecule has 2 bridgehead atoms. The van der Waals surface area contributed by atoms with E-state index in [9.17, 15) is 0 Å². The number of allylic oxidation sites excluding steroid dienone is 2. The molecule has 2 atom stereocenters. The van der Waals surface area contributed by atoms with E-state index in [1.807, 2.05) is 0 Å². The molecule has 1 saturated carbocycles. The van der Waals surface area contributed by atoms with E-state index >= 15 is 0 Å².